The van der Waals surface area contributed by atoms with E-state index in [-0.39, 0.29) is 11.1 Å². The first kappa shape index (κ1) is 22.0. The van der Waals surface area contributed by atoms with Crippen LogP contribution in [0.25, 0.3) is 0 Å². The number of carbonyl (C=O) groups is 2. The Labute approximate surface area is 173 Å². The van der Waals surface area contributed by atoms with Gasteiger partial charge in [0.25, 0.3) is 5.69 Å². The van der Waals surface area contributed by atoms with Gasteiger partial charge >= 0.3 is 12.2 Å². The SMILES string of the molecule is COc1ccc(C(=O)[C@H]2[C@H](c3cccc([N+](=O)[O-])c3)NC(=O)N[C@@]2(O)C(F)(F)F)cc1. The number of hydrogen-bond donors (Lipinski definition) is 3. The second kappa shape index (κ2) is 7.87. The Balaban J connectivity index is 2.16. The number of nitrogens with zero attached hydrogens (tertiary/aromatic N) is 1. The molecule has 2 aromatic carbocycles. The summed E-state index contributed by atoms with van der Waals surface area (Å²) in [5.74, 6) is -3.10. The molecule has 0 aromatic heterocycles. The lowest BCUT2D eigenvalue weighted by molar-refractivity contribution is -0.385. The number of Topliss-reactive ketones (excluding diaryl/α,β-unsaturated/α-hetero) is 1. The van der Waals surface area contributed by atoms with Gasteiger partial charge in [-0.3, -0.25) is 14.9 Å². The number of rotatable bonds is 5. The lowest BCUT2D eigenvalue weighted by Crippen LogP contribution is -2.72. The van der Waals surface area contributed by atoms with Crippen LogP contribution in [0.2, 0.25) is 0 Å². The molecule has 2 amide bonds. The third-order valence-electron chi connectivity index (χ3n) is 4.90. The molecular weight excluding hydrogens is 423 g/mol. The van der Waals surface area contributed by atoms with Crippen molar-refractivity contribution in [3.8, 4) is 5.75 Å². The van der Waals surface area contributed by atoms with E-state index in [0.29, 0.717) is 5.75 Å². The van der Waals surface area contributed by atoms with Gasteiger partial charge in [0, 0.05) is 17.7 Å². The first-order valence-corrected chi connectivity index (χ1v) is 8.78. The standard InChI is InChI=1S/C19H16F3N3O6/c1-31-13-7-5-10(6-8-13)16(26)14-15(11-3-2-4-12(9-11)25(29)30)23-17(27)24-18(14,28)19(20,21)22/h2-9,14-15,28H,1H3,(H2,23,24,27)/t14-,15+,18+/m1/s1. The van der Waals surface area contributed by atoms with Crippen LogP contribution >= 0.6 is 0 Å². The molecule has 0 aliphatic carbocycles. The first-order valence-electron chi connectivity index (χ1n) is 8.78. The highest BCUT2D eigenvalue weighted by Crippen LogP contribution is 2.44. The number of benzene rings is 2. The summed E-state index contributed by atoms with van der Waals surface area (Å²) in [6, 6.07) is 6.44. The highest BCUT2D eigenvalue weighted by molar-refractivity contribution is 6.00. The zero-order chi connectivity index (χ0) is 23.0. The molecule has 1 aliphatic heterocycles. The van der Waals surface area contributed by atoms with E-state index in [1.165, 1.54) is 48.8 Å². The smallest absolute Gasteiger partial charge is 0.437 e. The average molecular weight is 439 g/mol. The van der Waals surface area contributed by atoms with Gasteiger partial charge in [0.15, 0.2) is 5.78 Å². The fraction of sp³-hybridized carbons (Fsp3) is 0.263. The van der Waals surface area contributed by atoms with Crippen molar-refractivity contribution in [2.75, 3.05) is 7.11 Å². The molecule has 1 aliphatic rings. The molecule has 0 radical (unpaired) electrons. The predicted molar refractivity (Wildman–Crippen MR) is 99.3 cm³/mol. The summed E-state index contributed by atoms with van der Waals surface area (Å²) < 4.78 is 46.6. The van der Waals surface area contributed by atoms with Crippen molar-refractivity contribution in [2.45, 2.75) is 17.9 Å². The number of carbonyl (C=O) groups excluding carboxylic acids is 2. The Morgan fingerprint density at radius 2 is 1.87 bits per heavy atom. The quantitative estimate of drug-likeness (QED) is 0.373. The molecule has 9 nitrogen and oxygen atoms in total. The van der Waals surface area contributed by atoms with Crippen molar-refractivity contribution in [3.05, 3.63) is 69.8 Å². The number of ether oxygens (including phenoxy) is 1. The third-order valence-corrected chi connectivity index (χ3v) is 4.90. The molecule has 31 heavy (non-hydrogen) atoms. The number of amides is 2. The molecule has 1 heterocycles. The van der Waals surface area contributed by atoms with Crippen LogP contribution in [0.5, 0.6) is 5.75 Å². The van der Waals surface area contributed by atoms with Gasteiger partial charge < -0.3 is 20.5 Å². The molecule has 0 spiro atoms. The van der Waals surface area contributed by atoms with Gasteiger partial charge in [0.05, 0.1) is 18.1 Å². The van der Waals surface area contributed by atoms with E-state index in [9.17, 15) is 38.0 Å². The molecule has 1 fully saturated rings. The number of methoxy groups -OCH3 is 1. The minimum atomic E-state index is -5.43. The van der Waals surface area contributed by atoms with Crippen LogP contribution in [0.3, 0.4) is 0 Å². The molecule has 0 bridgehead atoms. The van der Waals surface area contributed by atoms with Crippen molar-refractivity contribution in [3.63, 3.8) is 0 Å². The Kier molecular flexibility index (Phi) is 5.59. The van der Waals surface area contributed by atoms with Gasteiger partial charge in [-0.25, -0.2) is 4.79 Å². The van der Waals surface area contributed by atoms with Gasteiger partial charge in [0.1, 0.15) is 11.7 Å². The normalized spacial score (nSPS) is 23.5. The average Bonchev–Trinajstić information content (AvgIpc) is 2.72. The van der Waals surface area contributed by atoms with E-state index >= 15 is 0 Å². The first-order chi connectivity index (χ1) is 14.5. The number of urea groups is 1. The van der Waals surface area contributed by atoms with Gasteiger partial charge in [-0.1, -0.05) is 12.1 Å². The van der Waals surface area contributed by atoms with Crippen molar-refractivity contribution in [1.82, 2.24) is 10.6 Å². The maximum Gasteiger partial charge on any atom is 0.437 e. The number of nitrogens with one attached hydrogen (secondary N) is 2. The summed E-state index contributed by atoms with van der Waals surface area (Å²) in [5, 5.41) is 25.2. The van der Waals surface area contributed by atoms with Crippen LogP contribution in [-0.4, -0.2) is 40.9 Å². The van der Waals surface area contributed by atoms with E-state index in [1.807, 2.05) is 0 Å². The highest BCUT2D eigenvalue weighted by atomic mass is 19.4. The van der Waals surface area contributed by atoms with Crippen molar-refractivity contribution in [1.29, 1.82) is 0 Å². The zero-order valence-corrected chi connectivity index (χ0v) is 15.8. The van der Waals surface area contributed by atoms with Gasteiger partial charge in [-0.15, -0.1) is 0 Å². The second-order valence-electron chi connectivity index (χ2n) is 6.76. The van der Waals surface area contributed by atoms with Crippen LogP contribution in [0.1, 0.15) is 22.0 Å². The Morgan fingerprint density at radius 3 is 2.42 bits per heavy atom. The number of aliphatic hydroxyl groups is 1. The molecule has 1 saturated heterocycles. The van der Waals surface area contributed by atoms with Gasteiger partial charge in [0.2, 0.25) is 5.72 Å². The van der Waals surface area contributed by atoms with Crippen LogP contribution in [0.15, 0.2) is 48.5 Å². The minimum absolute atomic E-state index is 0.154. The third kappa shape index (κ3) is 4.01. The summed E-state index contributed by atoms with van der Waals surface area (Å²) in [7, 11) is 1.36. The Morgan fingerprint density at radius 1 is 1.23 bits per heavy atom. The summed E-state index contributed by atoms with van der Waals surface area (Å²) in [4.78, 5) is 35.4. The van der Waals surface area contributed by atoms with E-state index in [4.69, 9.17) is 4.74 Å². The second-order valence-corrected chi connectivity index (χ2v) is 6.76. The van der Waals surface area contributed by atoms with Crippen LogP contribution in [-0.2, 0) is 0 Å². The van der Waals surface area contributed by atoms with Crippen molar-refractivity contribution >= 4 is 17.5 Å². The van der Waals surface area contributed by atoms with Crippen LogP contribution < -0.4 is 15.4 Å². The zero-order valence-electron chi connectivity index (χ0n) is 15.8. The number of nitro groups is 1. The lowest BCUT2D eigenvalue weighted by Gasteiger charge is -2.45. The number of alkyl halides is 3. The molecule has 0 unspecified atom stereocenters. The molecule has 0 saturated carbocycles. The van der Waals surface area contributed by atoms with E-state index in [0.717, 1.165) is 12.1 Å². The monoisotopic (exact) mass is 439 g/mol. The summed E-state index contributed by atoms with van der Waals surface area (Å²) in [5.41, 5.74) is -4.74. The van der Waals surface area contributed by atoms with Gasteiger partial charge in [-0.2, -0.15) is 13.2 Å². The molecule has 164 valence electrons. The number of ketones is 1. The van der Waals surface area contributed by atoms with E-state index in [1.54, 1.807) is 0 Å². The maximum absolute atomic E-state index is 13.9. The topological polar surface area (TPSA) is 131 Å². The van der Waals surface area contributed by atoms with Crippen molar-refractivity contribution < 1.29 is 37.5 Å². The lowest BCUT2D eigenvalue weighted by atomic mass is 9.77. The highest BCUT2D eigenvalue weighted by Gasteiger charge is 2.66. The Hall–Kier alpha value is -3.67. The molecule has 3 atom stereocenters. The maximum atomic E-state index is 13.9. The summed E-state index contributed by atoms with van der Waals surface area (Å²) in [6.07, 6.45) is -5.43. The predicted octanol–water partition coefficient (Wildman–Crippen LogP) is 2.71. The molecule has 3 rings (SSSR count). The number of non-ortho nitro benzene ring substituents is 1. The van der Waals surface area contributed by atoms with E-state index < -0.39 is 46.3 Å². The molecule has 3 N–H and O–H groups in total. The van der Waals surface area contributed by atoms with Crippen LogP contribution in [0, 0.1) is 16.0 Å². The largest absolute Gasteiger partial charge is 0.497 e. The number of halogens is 3. The molecule has 12 heteroatoms. The minimum Gasteiger partial charge on any atom is -0.497 e. The summed E-state index contributed by atoms with van der Waals surface area (Å²) >= 11 is 0. The Bertz CT molecular complexity index is 1030. The van der Waals surface area contributed by atoms with Gasteiger partial charge in [-0.05, 0) is 29.8 Å². The fourth-order valence-electron chi connectivity index (χ4n) is 3.38. The summed E-state index contributed by atoms with van der Waals surface area (Å²) in [6.45, 7) is 0. The number of nitro benzene ring substituents is 1. The van der Waals surface area contributed by atoms with Crippen LogP contribution in [0.4, 0.5) is 23.7 Å². The molecule has 2 aromatic rings. The van der Waals surface area contributed by atoms with Crippen molar-refractivity contribution in [2.24, 2.45) is 5.92 Å². The number of hydrogen-bond acceptors (Lipinski definition) is 6. The fourth-order valence-corrected chi connectivity index (χ4v) is 3.38. The molecular formula is C19H16F3N3O6. The van der Waals surface area contributed by atoms with E-state index in [2.05, 4.69) is 5.32 Å².